The number of aliphatic hydroxyl groups is 3. The Bertz CT molecular complexity index is 3980. The van der Waals surface area contributed by atoms with Gasteiger partial charge in [-0.1, -0.05) is 96.4 Å². The molecule has 33 nitrogen and oxygen atoms in total. The number of carbonyl (C=O) groups is 11. The summed E-state index contributed by atoms with van der Waals surface area (Å²) in [6.07, 6.45) is 2.87. The molecule has 2 aromatic heterocycles. The van der Waals surface area contributed by atoms with Crippen molar-refractivity contribution in [3.05, 3.63) is 148 Å². The number of aryl methyl sites for hydroxylation is 5. The number of halogens is 1. The SMILES string of the molecule is CCc1cc(OCCCCN)ccc1-c1ccc(C[C@H](NC(=O)[C@H](CC(=O)O)NC(=O)[C@H](CO)NC(=O)[C@@H](NC(=O)[C@](C)(Cc2ccccc2F)NC(=O)[C@@H](NC(=O)CNC(=O)[C@H](Cc2nn[nH]n2)NC(=O)CCCCCc2cnc[nH]2)[C@@H](C)O)[C@@H](C)O)C(=O)N[C@@H](CCCc2cc(C)cc(C)c2)C(=O)O)cc1. The van der Waals surface area contributed by atoms with E-state index < -0.39 is 157 Å². The summed E-state index contributed by atoms with van der Waals surface area (Å²) in [6.45, 7) is 7.97. The molecular weight excluding hydrogens is 1400 g/mol. The second-order valence-corrected chi connectivity index (χ2v) is 26.7. The number of nitrogens with zero attached hydrogens (tertiary/aromatic N) is 4. The van der Waals surface area contributed by atoms with Gasteiger partial charge in [-0.3, -0.25) is 47.9 Å². The fourth-order valence-corrected chi connectivity index (χ4v) is 11.9. The number of hydrogen-bond acceptors (Lipinski definition) is 20. The van der Waals surface area contributed by atoms with E-state index in [1.54, 1.807) is 36.8 Å². The van der Waals surface area contributed by atoms with E-state index in [4.69, 9.17) is 10.5 Å². The van der Waals surface area contributed by atoms with Crippen LogP contribution in [-0.4, -0.2) is 208 Å². The van der Waals surface area contributed by atoms with Crippen LogP contribution in [0.1, 0.15) is 130 Å². The van der Waals surface area contributed by atoms with Gasteiger partial charge in [-0.2, -0.15) is 5.21 Å². The Morgan fingerprint density at radius 3 is 1.94 bits per heavy atom. The first-order valence-electron chi connectivity index (χ1n) is 35.7. The van der Waals surface area contributed by atoms with Crippen molar-refractivity contribution in [2.75, 3.05) is 26.3 Å². The third kappa shape index (κ3) is 27.7. The van der Waals surface area contributed by atoms with Gasteiger partial charge in [-0.15, -0.1) is 10.2 Å². The molecule has 2 heterocycles. The molecule has 6 aromatic rings. The third-order valence-electron chi connectivity index (χ3n) is 17.6. The van der Waals surface area contributed by atoms with Crippen LogP contribution in [-0.2, 0) is 91.3 Å². The van der Waals surface area contributed by atoms with Crippen molar-refractivity contribution < 1.29 is 87.4 Å². The standard InChI is InChI=1S/C74H99FN16O17/c1-7-48-34-52(108-29-14-13-28-76)26-27-53(48)49-24-22-46(23-25-49)33-56(67(100)81-55(72(105)106)20-15-16-47-31-42(2)30-43(3)32-47)82-68(101)58(36-63(97)98)83-69(102)59(40-92)84-70(103)64(44(4)93)86-73(107)74(6,37-50-17-11-12-19-54(50)75)87-71(104)65(45(5)94)85-62(96)39-78-66(99)57(35-60-88-90-91-89-60)80-61(95)21-10-8-9-18-51-38-77-41-79-51/h11-12,17,19,22-27,30-32,34,38,41,44-45,55-59,64-65,92-94H,7-10,13-16,18,20-21,28-29,33,35-37,39-40,76H2,1-6H3,(H,77,79)(H,78,99)(H,80,95)(H,81,100)(H,82,101)(H,83,102)(H,84,103)(H,85,96)(H,86,107)(H,87,104)(H,97,98)(H,105,106)(H,88,89,90,91)/t44-,45-,55+,56+,57+,58+,59+,64+,65+,74+/m1/s1. The number of nitrogens with two attached hydrogens (primary N) is 1. The summed E-state index contributed by atoms with van der Waals surface area (Å²) in [6, 6.07) is 11.0. The number of nitrogens with one attached hydrogen (secondary N) is 11. The zero-order chi connectivity index (χ0) is 79.0. The molecule has 4 aromatic carbocycles. The summed E-state index contributed by atoms with van der Waals surface area (Å²) < 4.78 is 21.4. The van der Waals surface area contributed by atoms with Gasteiger partial charge in [0.05, 0.1) is 44.7 Å². The number of carboxylic acids is 2. The number of benzene rings is 4. The number of hydrogen-bond donors (Lipinski definition) is 17. The number of ether oxygens (including phenoxy) is 1. The van der Waals surface area contributed by atoms with Crippen molar-refractivity contribution in [1.82, 2.24) is 78.4 Å². The number of H-pyrrole nitrogens is 2. The number of unbranched alkanes of at least 4 members (excludes halogenated alkanes) is 3. The van der Waals surface area contributed by atoms with E-state index in [-0.39, 0.29) is 37.1 Å². The zero-order valence-corrected chi connectivity index (χ0v) is 61.2. The molecule has 0 unspecified atom stereocenters. The van der Waals surface area contributed by atoms with Crippen LogP contribution in [0.25, 0.3) is 11.1 Å². The molecule has 0 radical (unpaired) electrons. The Morgan fingerprint density at radius 2 is 1.31 bits per heavy atom. The molecular formula is C74H99FN16O17. The number of carboxylic acid groups (broad SMARTS) is 2. The fraction of sp³-hybridized carbons (Fsp3) is 0.473. The van der Waals surface area contributed by atoms with Crippen LogP contribution in [0.2, 0.25) is 0 Å². The van der Waals surface area contributed by atoms with Crippen molar-refractivity contribution >= 4 is 65.1 Å². The Labute approximate surface area is 623 Å². The van der Waals surface area contributed by atoms with Crippen LogP contribution >= 0.6 is 0 Å². The molecule has 584 valence electrons. The van der Waals surface area contributed by atoms with E-state index in [0.29, 0.717) is 63.0 Å². The summed E-state index contributed by atoms with van der Waals surface area (Å²) >= 11 is 0. The summed E-state index contributed by atoms with van der Waals surface area (Å²) in [5.41, 5.74) is 10.1. The minimum atomic E-state index is -2.37. The minimum absolute atomic E-state index is 0.0403. The molecule has 0 saturated carbocycles. The van der Waals surface area contributed by atoms with Crippen LogP contribution in [0.4, 0.5) is 4.39 Å². The predicted octanol–water partition coefficient (Wildman–Crippen LogP) is 0.578. The topological polar surface area (TPSA) is 516 Å². The van der Waals surface area contributed by atoms with Gasteiger partial charge in [0, 0.05) is 37.6 Å². The van der Waals surface area contributed by atoms with E-state index in [1.807, 2.05) is 57.2 Å². The molecule has 0 spiro atoms. The highest BCUT2D eigenvalue weighted by molar-refractivity contribution is 6.00. The summed E-state index contributed by atoms with van der Waals surface area (Å²) in [5.74, 6) is -13.3. The number of amides is 9. The van der Waals surface area contributed by atoms with Gasteiger partial charge in [-0.05, 0) is 151 Å². The highest BCUT2D eigenvalue weighted by atomic mass is 19.1. The Hall–Kier alpha value is -11.1. The van der Waals surface area contributed by atoms with Crippen LogP contribution in [0.3, 0.4) is 0 Å². The second kappa shape index (κ2) is 42.9. The van der Waals surface area contributed by atoms with Gasteiger partial charge in [-0.25, -0.2) is 14.2 Å². The lowest BCUT2D eigenvalue weighted by Crippen LogP contribution is -2.67. The summed E-state index contributed by atoms with van der Waals surface area (Å²) in [4.78, 5) is 158. The Balaban J connectivity index is 1.16. The van der Waals surface area contributed by atoms with Gasteiger partial charge >= 0.3 is 11.9 Å². The summed E-state index contributed by atoms with van der Waals surface area (Å²) in [7, 11) is 0. The van der Waals surface area contributed by atoms with Crippen molar-refractivity contribution in [2.45, 2.75) is 198 Å². The number of aliphatic carboxylic acids is 2. The maximum Gasteiger partial charge on any atom is 0.326 e. The van der Waals surface area contributed by atoms with Crippen molar-refractivity contribution in [3.63, 3.8) is 0 Å². The van der Waals surface area contributed by atoms with Crippen LogP contribution in [0.15, 0.2) is 97.5 Å². The molecule has 10 atom stereocenters. The lowest BCUT2D eigenvalue weighted by Gasteiger charge is -2.34. The highest BCUT2D eigenvalue weighted by Gasteiger charge is 2.43. The minimum Gasteiger partial charge on any atom is -0.494 e. The average molecular weight is 1500 g/mol. The first-order valence-corrected chi connectivity index (χ1v) is 35.7. The van der Waals surface area contributed by atoms with Gasteiger partial charge in [0.2, 0.25) is 53.2 Å². The van der Waals surface area contributed by atoms with E-state index in [2.05, 4.69) is 78.4 Å². The molecule has 0 fully saturated rings. The maximum absolute atomic E-state index is 15.5. The van der Waals surface area contributed by atoms with Crippen LogP contribution in [0.5, 0.6) is 5.75 Å². The Morgan fingerprint density at radius 1 is 0.648 bits per heavy atom. The monoisotopic (exact) mass is 1500 g/mol. The van der Waals surface area contributed by atoms with Crippen molar-refractivity contribution in [1.29, 1.82) is 0 Å². The maximum atomic E-state index is 15.5. The first-order chi connectivity index (χ1) is 51.5. The molecule has 0 bridgehead atoms. The van der Waals surface area contributed by atoms with Gasteiger partial charge in [0.1, 0.15) is 59.4 Å². The van der Waals surface area contributed by atoms with Crippen molar-refractivity contribution in [2.24, 2.45) is 5.73 Å². The number of rotatable bonds is 46. The molecule has 0 saturated heterocycles. The lowest BCUT2D eigenvalue weighted by molar-refractivity contribution is -0.143. The molecule has 0 aliphatic heterocycles. The molecule has 9 amide bonds. The third-order valence-corrected chi connectivity index (χ3v) is 17.6. The Kier molecular flexibility index (Phi) is 34.1. The van der Waals surface area contributed by atoms with E-state index in [0.717, 1.165) is 85.2 Å². The van der Waals surface area contributed by atoms with Crippen LogP contribution in [0, 0.1) is 19.7 Å². The van der Waals surface area contributed by atoms with Gasteiger partial charge in [0.25, 0.3) is 0 Å². The molecule has 108 heavy (non-hydrogen) atoms. The molecule has 0 aliphatic carbocycles. The number of aromatic nitrogens is 6. The fourth-order valence-electron chi connectivity index (χ4n) is 11.9. The van der Waals surface area contributed by atoms with Crippen molar-refractivity contribution in [3.8, 4) is 16.9 Å². The second-order valence-electron chi connectivity index (χ2n) is 26.7. The normalized spacial score (nSPS) is 14.2. The number of carbonyl (C=O) groups excluding carboxylic acids is 9. The quantitative estimate of drug-likeness (QED) is 0.0232. The number of tetrazole rings is 1. The van der Waals surface area contributed by atoms with E-state index in [9.17, 15) is 78.3 Å². The number of imidazole rings is 1. The molecule has 34 heteroatoms. The summed E-state index contributed by atoms with van der Waals surface area (Å²) in [5, 5.41) is 87.6. The zero-order valence-electron chi connectivity index (χ0n) is 61.2. The average Bonchev–Trinajstić information content (AvgIpc) is 0.827. The van der Waals surface area contributed by atoms with Crippen LogP contribution < -0.4 is 58.3 Å². The van der Waals surface area contributed by atoms with E-state index >= 15 is 4.39 Å². The predicted molar refractivity (Wildman–Crippen MR) is 390 cm³/mol. The molecule has 18 N–H and O–H groups in total. The first kappa shape index (κ1) is 85.8. The lowest BCUT2D eigenvalue weighted by atomic mass is 9.90. The highest BCUT2D eigenvalue weighted by Crippen LogP contribution is 2.29. The molecule has 0 aliphatic rings. The van der Waals surface area contributed by atoms with Gasteiger partial charge < -0.3 is 88.8 Å². The number of aromatic amines is 2. The largest absolute Gasteiger partial charge is 0.494 e. The van der Waals surface area contributed by atoms with E-state index in [1.165, 1.54) is 18.2 Å². The number of aliphatic hydroxyl groups excluding tert-OH is 3. The smallest absolute Gasteiger partial charge is 0.326 e. The molecule has 6 rings (SSSR count). The van der Waals surface area contributed by atoms with Gasteiger partial charge in [0.15, 0.2) is 5.82 Å².